The number of carboxylic acids is 1. The van der Waals surface area contributed by atoms with Gasteiger partial charge in [0, 0.05) is 12.7 Å². The van der Waals surface area contributed by atoms with E-state index in [-0.39, 0.29) is 11.6 Å². The smallest absolute Gasteiger partial charge is 0.354 e. The number of nitrogens with one attached hydrogen (secondary N) is 1. The quantitative estimate of drug-likeness (QED) is 0.831. The molecule has 0 bridgehead atoms. The molecule has 5 nitrogen and oxygen atoms in total. The van der Waals surface area contributed by atoms with E-state index in [1.54, 1.807) is 0 Å². The van der Waals surface area contributed by atoms with Gasteiger partial charge in [-0.3, -0.25) is 4.79 Å². The highest BCUT2D eigenvalue weighted by atomic mass is 16.4. The molecule has 0 saturated heterocycles. The third kappa shape index (κ3) is 3.06. The van der Waals surface area contributed by atoms with E-state index in [1.165, 1.54) is 37.6 Å². The van der Waals surface area contributed by atoms with Gasteiger partial charge >= 0.3 is 5.97 Å². The summed E-state index contributed by atoms with van der Waals surface area (Å²) in [6.45, 7) is 0.671. The molecular formula is C13H16N2O3. The highest BCUT2D eigenvalue weighted by Crippen LogP contribution is 2.28. The Morgan fingerprint density at radius 2 is 2.17 bits per heavy atom. The van der Waals surface area contributed by atoms with Crippen LogP contribution in [0.5, 0.6) is 0 Å². The van der Waals surface area contributed by atoms with Crippen molar-refractivity contribution in [3.05, 3.63) is 29.6 Å². The predicted molar refractivity (Wildman–Crippen MR) is 65.5 cm³/mol. The van der Waals surface area contributed by atoms with E-state index in [2.05, 4.69) is 10.3 Å². The number of pyridine rings is 1. The molecule has 2 rings (SSSR count). The Labute approximate surface area is 105 Å². The van der Waals surface area contributed by atoms with Crippen molar-refractivity contribution in [3.8, 4) is 0 Å². The minimum absolute atomic E-state index is 0.0546. The predicted octanol–water partition coefficient (Wildman–Crippen LogP) is 1.70. The number of hydrogen-bond donors (Lipinski definition) is 2. The number of rotatable bonds is 5. The van der Waals surface area contributed by atoms with Crippen LogP contribution in [0.25, 0.3) is 0 Å². The van der Waals surface area contributed by atoms with Gasteiger partial charge in [-0.05, 0) is 24.5 Å². The van der Waals surface area contributed by atoms with Crippen molar-refractivity contribution < 1.29 is 14.7 Å². The molecular weight excluding hydrogens is 232 g/mol. The number of aromatic nitrogens is 1. The first kappa shape index (κ1) is 12.5. The highest BCUT2D eigenvalue weighted by Gasteiger charge is 2.17. The zero-order valence-electron chi connectivity index (χ0n) is 10.1. The molecule has 1 saturated carbocycles. The molecule has 0 atom stereocenters. The zero-order chi connectivity index (χ0) is 13.0. The molecule has 0 aromatic carbocycles. The summed E-state index contributed by atoms with van der Waals surface area (Å²) in [7, 11) is 0. The molecule has 1 aliphatic carbocycles. The molecule has 1 aromatic heterocycles. The monoisotopic (exact) mass is 248 g/mol. The third-order valence-corrected chi connectivity index (χ3v) is 3.31. The molecule has 1 amide bonds. The molecule has 5 heteroatoms. The van der Waals surface area contributed by atoms with Crippen molar-refractivity contribution >= 4 is 11.9 Å². The van der Waals surface area contributed by atoms with E-state index in [9.17, 15) is 9.59 Å². The average Bonchev–Trinajstić information content (AvgIpc) is 2.32. The lowest BCUT2D eigenvalue weighted by Crippen LogP contribution is -2.27. The van der Waals surface area contributed by atoms with Crippen LogP contribution >= 0.6 is 0 Å². The summed E-state index contributed by atoms with van der Waals surface area (Å²) in [6.07, 6.45) is 6.16. The van der Waals surface area contributed by atoms with Crippen molar-refractivity contribution in [2.45, 2.75) is 25.7 Å². The number of aromatic carboxylic acids is 1. The summed E-state index contributed by atoms with van der Waals surface area (Å²) in [4.78, 5) is 26.0. The fourth-order valence-electron chi connectivity index (χ4n) is 1.93. The fraction of sp³-hybridized carbons (Fsp3) is 0.462. The summed E-state index contributed by atoms with van der Waals surface area (Å²) >= 11 is 0. The first-order valence-electron chi connectivity index (χ1n) is 6.14. The first-order chi connectivity index (χ1) is 8.66. The number of carboxylic acid groups (broad SMARTS) is 1. The van der Waals surface area contributed by atoms with Crippen LogP contribution in [0.15, 0.2) is 18.3 Å². The molecule has 0 spiro atoms. The molecule has 96 valence electrons. The van der Waals surface area contributed by atoms with E-state index in [4.69, 9.17) is 5.11 Å². The molecule has 2 N–H and O–H groups in total. The van der Waals surface area contributed by atoms with E-state index in [0.29, 0.717) is 12.1 Å². The summed E-state index contributed by atoms with van der Waals surface area (Å²) in [5, 5.41) is 11.5. The first-order valence-corrected chi connectivity index (χ1v) is 6.14. The molecule has 0 aliphatic heterocycles. The van der Waals surface area contributed by atoms with Gasteiger partial charge in [-0.1, -0.05) is 19.3 Å². The van der Waals surface area contributed by atoms with Crippen LogP contribution in [0.1, 0.15) is 46.5 Å². The van der Waals surface area contributed by atoms with E-state index in [0.717, 1.165) is 12.3 Å². The van der Waals surface area contributed by atoms with Crippen LogP contribution in [0.3, 0.4) is 0 Å². The van der Waals surface area contributed by atoms with E-state index in [1.807, 2.05) is 0 Å². The summed E-state index contributed by atoms with van der Waals surface area (Å²) in [6, 6.07) is 2.82. The topological polar surface area (TPSA) is 79.3 Å². The van der Waals surface area contributed by atoms with Crippen molar-refractivity contribution in [2.75, 3.05) is 6.54 Å². The SMILES string of the molecule is O=C(NCCC1CCC1)c1ccc(C(=O)O)nc1. The Morgan fingerprint density at radius 3 is 2.67 bits per heavy atom. The molecule has 0 unspecified atom stereocenters. The molecule has 18 heavy (non-hydrogen) atoms. The molecule has 0 radical (unpaired) electrons. The standard InChI is InChI=1S/C13H16N2O3/c16-12(14-7-6-9-2-1-3-9)10-4-5-11(13(17)18)15-8-10/h4-5,8-9H,1-3,6-7H2,(H,14,16)(H,17,18). The molecule has 1 heterocycles. The largest absolute Gasteiger partial charge is 0.477 e. The second-order valence-corrected chi connectivity index (χ2v) is 4.58. The molecule has 1 fully saturated rings. The van der Waals surface area contributed by atoms with Gasteiger partial charge in [0.15, 0.2) is 0 Å². The van der Waals surface area contributed by atoms with Gasteiger partial charge in [0.1, 0.15) is 5.69 Å². The lowest BCUT2D eigenvalue weighted by Gasteiger charge is -2.25. The number of carbonyl (C=O) groups is 2. The van der Waals surface area contributed by atoms with Gasteiger partial charge < -0.3 is 10.4 Å². The van der Waals surface area contributed by atoms with Gasteiger partial charge in [0.25, 0.3) is 5.91 Å². The Kier molecular flexibility index (Phi) is 3.92. The Morgan fingerprint density at radius 1 is 1.39 bits per heavy atom. The van der Waals surface area contributed by atoms with Gasteiger partial charge in [-0.25, -0.2) is 9.78 Å². The number of hydrogen-bond acceptors (Lipinski definition) is 3. The average molecular weight is 248 g/mol. The Bertz CT molecular complexity index is 438. The van der Waals surface area contributed by atoms with Crippen LogP contribution in [0.2, 0.25) is 0 Å². The minimum atomic E-state index is -1.09. The van der Waals surface area contributed by atoms with Gasteiger partial charge in [-0.15, -0.1) is 0 Å². The maximum Gasteiger partial charge on any atom is 0.354 e. The third-order valence-electron chi connectivity index (χ3n) is 3.31. The van der Waals surface area contributed by atoms with Crippen LogP contribution in [0, 0.1) is 5.92 Å². The summed E-state index contributed by atoms with van der Waals surface area (Å²) < 4.78 is 0. The Hall–Kier alpha value is -1.91. The summed E-state index contributed by atoms with van der Waals surface area (Å²) in [5.74, 6) is -0.525. The molecule has 1 aliphatic rings. The van der Waals surface area contributed by atoms with Crippen molar-refractivity contribution in [3.63, 3.8) is 0 Å². The van der Waals surface area contributed by atoms with Crippen LogP contribution in [-0.4, -0.2) is 28.5 Å². The lowest BCUT2D eigenvalue weighted by molar-refractivity contribution is 0.0689. The zero-order valence-corrected chi connectivity index (χ0v) is 10.1. The fourth-order valence-corrected chi connectivity index (χ4v) is 1.93. The maximum absolute atomic E-state index is 11.7. The normalized spacial score (nSPS) is 14.9. The van der Waals surface area contributed by atoms with Crippen molar-refractivity contribution in [1.29, 1.82) is 0 Å². The Balaban J connectivity index is 1.82. The number of carbonyl (C=O) groups excluding carboxylic acids is 1. The number of amides is 1. The highest BCUT2D eigenvalue weighted by molar-refractivity contribution is 5.94. The lowest BCUT2D eigenvalue weighted by atomic mass is 9.83. The van der Waals surface area contributed by atoms with Gasteiger partial charge in [-0.2, -0.15) is 0 Å². The summed E-state index contributed by atoms with van der Waals surface area (Å²) in [5.41, 5.74) is 0.342. The second-order valence-electron chi connectivity index (χ2n) is 4.58. The van der Waals surface area contributed by atoms with E-state index >= 15 is 0 Å². The van der Waals surface area contributed by atoms with Gasteiger partial charge in [0.2, 0.25) is 0 Å². The van der Waals surface area contributed by atoms with Crippen molar-refractivity contribution in [1.82, 2.24) is 10.3 Å². The maximum atomic E-state index is 11.7. The van der Waals surface area contributed by atoms with Gasteiger partial charge in [0.05, 0.1) is 5.56 Å². The van der Waals surface area contributed by atoms with E-state index < -0.39 is 5.97 Å². The van der Waals surface area contributed by atoms with Crippen LogP contribution in [0.4, 0.5) is 0 Å². The van der Waals surface area contributed by atoms with Crippen LogP contribution in [-0.2, 0) is 0 Å². The van der Waals surface area contributed by atoms with Crippen LogP contribution < -0.4 is 5.32 Å². The molecule has 1 aromatic rings. The number of nitrogens with zero attached hydrogens (tertiary/aromatic N) is 1. The minimum Gasteiger partial charge on any atom is -0.477 e. The second kappa shape index (κ2) is 5.62. The van der Waals surface area contributed by atoms with Crippen molar-refractivity contribution in [2.24, 2.45) is 5.92 Å².